The monoisotopic (exact) mass is 478 g/mol. The molecule has 5 rings (SSSR count). The highest BCUT2D eigenvalue weighted by atomic mass is 19.1. The maximum Gasteiger partial charge on any atom is 0.158 e. The van der Waals surface area contributed by atoms with E-state index in [4.69, 9.17) is 9.47 Å². The summed E-state index contributed by atoms with van der Waals surface area (Å²) in [4.78, 5) is 4.92. The van der Waals surface area contributed by atoms with Gasteiger partial charge in [0.1, 0.15) is 11.6 Å². The molecule has 4 nitrogen and oxygen atoms in total. The highest BCUT2D eigenvalue weighted by Crippen LogP contribution is 2.31. The fourth-order valence-corrected chi connectivity index (χ4v) is 5.24. The van der Waals surface area contributed by atoms with E-state index in [0.717, 1.165) is 50.3 Å². The van der Waals surface area contributed by atoms with E-state index >= 15 is 0 Å². The van der Waals surface area contributed by atoms with Crippen LogP contribution in [0.1, 0.15) is 35.1 Å². The summed E-state index contributed by atoms with van der Waals surface area (Å²) < 4.78 is 38.7. The predicted molar refractivity (Wildman–Crippen MR) is 132 cm³/mol. The first-order chi connectivity index (χ1) is 17.2. The van der Waals surface area contributed by atoms with Crippen LogP contribution in [0.5, 0.6) is 0 Å². The van der Waals surface area contributed by atoms with Crippen molar-refractivity contribution in [1.82, 2.24) is 9.80 Å². The van der Waals surface area contributed by atoms with E-state index < -0.39 is 0 Å². The Bertz CT molecular complexity index is 1000. The van der Waals surface area contributed by atoms with Crippen LogP contribution >= 0.6 is 0 Å². The van der Waals surface area contributed by atoms with Gasteiger partial charge >= 0.3 is 0 Å². The van der Waals surface area contributed by atoms with Gasteiger partial charge in [0.25, 0.3) is 0 Å². The van der Waals surface area contributed by atoms with Gasteiger partial charge < -0.3 is 14.4 Å². The van der Waals surface area contributed by atoms with Gasteiger partial charge in [-0.25, -0.2) is 8.78 Å². The van der Waals surface area contributed by atoms with Crippen molar-refractivity contribution in [2.24, 2.45) is 0 Å². The lowest BCUT2D eigenvalue weighted by molar-refractivity contribution is -0.0534. The molecular formula is C29H32F2N2O2. The molecule has 0 radical (unpaired) electrons. The second kappa shape index (κ2) is 11.4. The van der Waals surface area contributed by atoms with Crippen LogP contribution in [0.25, 0.3) is 0 Å². The Kier molecular flexibility index (Phi) is 7.84. The molecule has 2 aliphatic rings. The van der Waals surface area contributed by atoms with Crippen LogP contribution in [0.3, 0.4) is 0 Å². The lowest BCUT2D eigenvalue weighted by Crippen LogP contribution is -2.49. The fourth-order valence-electron chi connectivity index (χ4n) is 5.24. The third kappa shape index (κ3) is 6.14. The molecule has 3 aromatic carbocycles. The number of nitrogens with zero attached hydrogens (tertiary/aromatic N) is 2. The average molecular weight is 479 g/mol. The van der Waals surface area contributed by atoms with Gasteiger partial charge in [0, 0.05) is 45.1 Å². The van der Waals surface area contributed by atoms with Gasteiger partial charge in [0.15, 0.2) is 6.29 Å². The van der Waals surface area contributed by atoms with E-state index in [0.29, 0.717) is 19.1 Å². The molecule has 2 heterocycles. The van der Waals surface area contributed by atoms with Crippen LogP contribution < -0.4 is 0 Å². The maximum atomic E-state index is 13.6. The van der Waals surface area contributed by atoms with Crippen molar-refractivity contribution in [3.8, 4) is 0 Å². The molecule has 1 atom stereocenters. The summed E-state index contributed by atoms with van der Waals surface area (Å²) in [6, 6.07) is 23.9. The lowest BCUT2D eigenvalue weighted by Gasteiger charge is -2.41. The molecule has 2 fully saturated rings. The van der Waals surface area contributed by atoms with Crippen molar-refractivity contribution in [2.45, 2.75) is 24.7 Å². The number of halogens is 2. The number of ether oxygens (including phenoxy) is 2. The molecule has 3 aromatic rings. The fraction of sp³-hybridized carbons (Fsp3) is 0.379. The minimum atomic E-state index is -0.251. The van der Waals surface area contributed by atoms with E-state index in [2.05, 4.69) is 34.1 Å². The molecule has 2 aliphatic heterocycles. The van der Waals surface area contributed by atoms with Crippen molar-refractivity contribution < 1.29 is 18.3 Å². The highest BCUT2D eigenvalue weighted by molar-refractivity contribution is 5.32. The van der Waals surface area contributed by atoms with Gasteiger partial charge in [-0.05, 0) is 41.0 Å². The molecule has 35 heavy (non-hydrogen) atoms. The average Bonchev–Trinajstić information content (AvgIpc) is 3.41. The third-order valence-corrected chi connectivity index (χ3v) is 7.06. The standard InChI is InChI=1S/C29H32F2N2O2/c30-26-10-6-23(7-11-26)29(24-8-12-27(31)13-9-24)33-16-14-32(15-17-33)21-25(20-28-34-18-19-35-28)22-4-2-1-3-5-22/h1-13,25,28-29H,14-21H2. The Morgan fingerprint density at radius 3 is 1.77 bits per heavy atom. The van der Waals surface area contributed by atoms with Crippen molar-refractivity contribution in [2.75, 3.05) is 45.9 Å². The summed E-state index contributed by atoms with van der Waals surface area (Å²) in [5.74, 6) is -0.173. The number of benzene rings is 3. The van der Waals surface area contributed by atoms with E-state index in [1.165, 1.54) is 29.8 Å². The largest absolute Gasteiger partial charge is 0.350 e. The van der Waals surface area contributed by atoms with Crippen LogP contribution in [0.4, 0.5) is 8.78 Å². The normalized spacial score (nSPS) is 18.8. The first-order valence-electron chi connectivity index (χ1n) is 12.4. The quantitative estimate of drug-likeness (QED) is 0.443. The van der Waals surface area contributed by atoms with Crippen LogP contribution in [0.2, 0.25) is 0 Å². The molecule has 0 amide bonds. The molecule has 0 spiro atoms. The maximum absolute atomic E-state index is 13.6. The molecular weight excluding hydrogens is 446 g/mol. The van der Waals surface area contributed by atoms with E-state index in [1.54, 1.807) is 0 Å². The van der Waals surface area contributed by atoms with Crippen molar-refractivity contribution in [3.63, 3.8) is 0 Å². The van der Waals surface area contributed by atoms with Crippen LogP contribution in [0.15, 0.2) is 78.9 Å². The molecule has 1 unspecified atom stereocenters. The highest BCUT2D eigenvalue weighted by Gasteiger charge is 2.29. The van der Waals surface area contributed by atoms with Gasteiger partial charge in [-0.15, -0.1) is 0 Å². The zero-order valence-corrected chi connectivity index (χ0v) is 19.9. The Balaban J connectivity index is 1.28. The Morgan fingerprint density at radius 2 is 1.23 bits per heavy atom. The summed E-state index contributed by atoms with van der Waals surface area (Å²) in [5, 5.41) is 0. The van der Waals surface area contributed by atoms with Crippen molar-refractivity contribution in [1.29, 1.82) is 0 Å². The van der Waals surface area contributed by atoms with Crippen molar-refractivity contribution in [3.05, 3.63) is 107 Å². The first kappa shape index (κ1) is 24.1. The Hall–Kier alpha value is -2.64. The van der Waals surface area contributed by atoms with Gasteiger partial charge in [-0.1, -0.05) is 54.6 Å². The molecule has 0 bridgehead atoms. The zero-order chi connectivity index (χ0) is 24.0. The zero-order valence-electron chi connectivity index (χ0n) is 19.9. The van der Waals surface area contributed by atoms with Crippen LogP contribution in [-0.4, -0.2) is 62.0 Å². The first-order valence-corrected chi connectivity index (χ1v) is 12.4. The van der Waals surface area contributed by atoms with E-state index in [9.17, 15) is 8.78 Å². The lowest BCUT2D eigenvalue weighted by atomic mass is 9.94. The third-order valence-electron chi connectivity index (χ3n) is 7.06. The SMILES string of the molecule is Fc1ccc(C(c2ccc(F)cc2)N2CCN(CC(CC3OCCO3)c3ccccc3)CC2)cc1. The molecule has 0 N–H and O–H groups in total. The summed E-state index contributed by atoms with van der Waals surface area (Å²) in [7, 11) is 0. The second-order valence-electron chi connectivity index (χ2n) is 9.36. The molecule has 0 saturated carbocycles. The molecule has 184 valence electrons. The Labute approximate surface area is 206 Å². The van der Waals surface area contributed by atoms with Gasteiger partial charge in [-0.3, -0.25) is 4.90 Å². The summed E-state index contributed by atoms with van der Waals surface area (Å²) >= 11 is 0. The minimum Gasteiger partial charge on any atom is -0.350 e. The topological polar surface area (TPSA) is 24.9 Å². The smallest absolute Gasteiger partial charge is 0.158 e. The predicted octanol–water partition coefficient (Wildman–Crippen LogP) is 5.22. The summed E-state index contributed by atoms with van der Waals surface area (Å²) in [6.45, 7) is 5.87. The van der Waals surface area contributed by atoms with Crippen molar-refractivity contribution >= 4 is 0 Å². The molecule has 0 aromatic heterocycles. The molecule has 2 saturated heterocycles. The number of hydrogen-bond acceptors (Lipinski definition) is 4. The van der Waals surface area contributed by atoms with Gasteiger partial charge in [0.05, 0.1) is 19.3 Å². The van der Waals surface area contributed by atoms with Crippen LogP contribution in [0, 0.1) is 11.6 Å². The number of piperazine rings is 1. The minimum absolute atomic E-state index is 0.0384. The molecule has 0 aliphatic carbocycles. The summed E-state index contributed by atoms with van der Waals surface area (Å²) in [6.07, 6.45) is 0.709. The Morgan fingerprint density at radius 1 is 0.686 bits per heavy atom. The summed E-state index contributed by atoms with van der Waals surface area (Å²) in [5.41, 5.74) is 3.35. The number of rotatable bonds is 8. The van der Waals surface area contributed by atoms with Gasteiger partial charge in [0.2, 0.25) is 0 Å². The van der Waals surface area contributed by atoms with E-state index in [1.807, 2.05) is 30.3 Å². The molecule has 6 heteroatoms. The van der Waals surface area contributed by atoms with Crippen LogP contribution in [-0.2, 0) is 9.47 Å². The number of hydrogen-bond donors (Lipinski definition) is 0. The second-order valence-corrected chi connectivity index (χ2v) is 9.36. The van der Waals surface area contributed by atoms with Gasteiger partial charge in [-0.2, -0.15) is 0 Å². The van der Waals surface area contributed by atoms with E-state index in [-0.39, 0.29) is 24.0 Å².